The van der Waals surface area contributed by atoms with Gasteiger partial charge in [-0.1, -0.05) is 35.9 Å². The van der Waals surface area contributed by atoms with E-state index < -0.39 is 30.5 Å². The van der Waals surface area contributed by atoms with Gasteiger partial charge in [-0.3, -0.25) is 0 Å². The molecule has 0 radical (unpaired) electrons. The topological polar surface area (TPSA) is 88.4 Å². The Bertz CT molecular complexity index is 794. The smallest absolute Gasteiger partial charge is 0.119 e. The first kappa shape index (κ1) is 22.0. The Kier molecular flexibility index (Phi) is 7.51. The third-order valence-electron chi connectivity index (χ3n) is 5.16. The Labute approximate surface area is 175 Å². The molecule has 1 aliphatic heterocycles. The molecule has 0 saturated carbocycles. The molecule has 1 heterocycles. The number of ether oxygens (including phenoxy) is 3. The second-order valence-electron chi connectivity index (χ2n) is 7.06. The van der Waals surface area contributed by atoms with Gasteiger partial charge in [-0.05, 0) is 48.2 Å². The summed E-state index contributed by atoms with van der Waals surface area (Å²) in [6.07, 6.45) is -4.13. The van der Waals surface area contributed by atoms with Crippen molar-refractivity contribution in [1.82, 2.24) is 0 Å². The lowest BCUT2D eigenvalue weighted by molar-refractivity contribution is -0.238. The highest BCUT2D eigenvalue weighted by Gasteiger charge is 2.45. The molecule has 6 nitrogen and oxygen atoms in total. The molecule has 3 rings (SSSR count). The quantitative estimate of drug-likeness (QED) is 0.635. The monoisotopic (exact) mass is 422 g/mol. The first-order chi connectivity index (χ1) is 14.0. The first-order valence-corrected chi connectivity index (χ1v) is 10.0. The van der Waals surface area contributed by atoms with Gasteiger partial charge in [-0.15, -0.1) is 0 Å². The van der Waals surface area contributed by atoms with Crippen molar-refractivity contribution >= 4 is 11.6 Å². The van der Waals surface area contributed by atoms with Gasteiger partial charge in [0.2, 0.25) is 0 Å². The minimum Gasteiger partial charge on any atom is -0.494 e. The van der Waals surface area contributed by atoms with Crippen LogP contribution in [0.2, 0.25) is 5.02 Å². The van der Waals surface area contributed by atoms with E-state index in [1.54, 1.807) is 12.1 Å². The maximum Gasteiger partial charge on any atom is 0.119 e. The molecule has 5 atom stereocenters. The molecule has 1 fully saturated rings. The van der Waals surface area contributed by atoms with Crippen LogP contribution in [0.1, 0.15) is 29.7 Å². The number of benzene rings is 2. The van der Waals surface area contributed by atoms with Gasteiger partial charge in [0, 0.05) is 12.1 Å². The van der Waals surface area contributed by atoms with Crippen molar-refractivity contribution in [2.75, 3.05) is 20.3 Å². The van der Waals surface area contributed by atoms with Crippen molar-refractivity contribution in [3.05, 3.63) is 64.2 Å². The van der Waals surface area contributed by atoms with E-state index in [-0.39, 0.29) is 6.61 Å². The van der Waals surface area contributed by atoms with Gasteiger partial charge in [-0.2, -0.15) is 0 Å². The van der Waals surface area contributed by atoms with Gasteiger partial charge in [-0.25, -0.2) is 0 Å². The second-order valence-corrected chi connectivity index (χ2v) is 7.47. The highest BCUT2D eigenvalue weighted by molar-refractivity contribution is 6.31. The lowest BCUT2D eigenvalue weighted by Gasteiger charge is -2.41. The lowest BCUT2D eigenvalue weighted by atomic mass is 9.90. The molecule has 2 aromatic carbocycles. The molecule has 5 unspecified atom stereocenters. The van der Waals surface area contributed by atoms with Crippen molar-refractivity contribution in [2.24, 2.45) is 0 Å². The summed E-state index contributed by atoms with van der Waals surface area (Å²) in [5.41, 5.74) is 2.60. The van der Waals surface area contributed by atoms with E-state index >= 15 is 0 Å². The number of methoxy groups -OCH3 is 1. The predicted molar refractivity (Wildman–Crippen MR) is 109 cm³/mol. The third kappa shape index (κ3) is 4.91. The summed E-state index contributed by atoms with van der Waals surface area (Å²) in [6.45, 7) is 2.22. The summed E-state index contributed by atoms with van der Waals surface area (Å²) in [4.78, 5) is 0. The predicted octanol–water partition coefficient (Wildman–Crippen LogP) is 2.50. The Balaban J connectivity index is 1.82. The largest absolute Gasteiger partial charge is 0.494 e. The van der Waals surface area contributed by atoms with Crippen LogP contribution < -0.4 is 4.74 Å². The van der Waals surface area contributed by atoms with E-state index in [4.69, 9.17) is 25.8 Å². The van der Waals surface area contributed by atoms with Crippen molar-refractivity contribution in [2.45, 2.75) is 43.9 Å². The van der Waals surface area contributed by atoms with Gasteiger partial charge in [0.05, 0.1) is 13.2 Å². The highest BCUT2D eigenvalue weighted by Crippen LogP contribution is 2.35. The molecule has 29 heavy (non-hydrogen) atoms. The fraction of sp³-hybridized carbons (Fsp3) is 0.455. The molecule has 1 aliphatic rings. The fourth-order valence-corrected chi connectivity index (χ4v) is 3.84. The van der Waals surface area contributed by atoms with Crippen LogP contribution in [0, 0.1) is 0 Å². The second kappa shape index (κ2) is 9.89. The molecule has 0 bridgehead atoms. The fourth-order valence-electron chi connectivity index (χ4n) is 3.65. The van der Waals surface area contributed by atoms with E-state index in [2.05, 4.69) is 0 Å². The number of halogens is 1. The summed E-state index contributed by atoms with van der Waals surface area (Å²) < 4.78 is 16.5. The Hall–Kier alpha value is -1.67. The lowest BCUT2D eigenvalue weighted by Crippen LogP contribution is -2.56. The number of hydrogen-bond donors (Lipinski definition) is 3. The summed E-state index contributed by atoms with van der Waals surface area (Å²) in [5.74, 6) is 0.812. The molecule has 0 spiro atoms. The molecule has 1 saturated heterocycles. The Morgan fingerprint density at radius 1 is 1.07 bits per heavy atom. The molecule has 7 heteroatoms. The summed E-state index contributed by atoms with van der Waals surface area (Å²) in [7, 11) is 1.41. The van der Waals surface area contributed by atoms with Crippen LogP contribution >= 0.6 is 11.6 Å². The van der Waals surface area contributed by atoms with Crippen LogP contribution in [0.4, 0.5) is 0 Å². The number of aliphatic hydroxyl groups excluding tert-OH is 3. The summed E-state index contributed by atoms with van der Waals surface area (Å²) in [5, 5.41) is 31.1. The zero-order valence-corrected chi connectivity index (χ0v) is 17.2. The molecular weight excluding hydrogens is 396 g/mol. The van der Waals surface area contributed by atoms with E-state index in [0.717, 1.165) is 16.9 Å². The van der Waals surface area contributed by atoms with Crippen molar-refractivity contribution in [3.63, 3.8) is 0 Å². The Morgan fingerprint density at radius 3 is 2.41 bits per heavy atom. The minimum absolute atomic E-state index is 0.328. The van der Waals surface area contributed by atoms with E-state index in [1.165, 1.54) is 7.11 Å². The molecule has 158 valence electrons. The van der Waals surface area contributed by atoms with Gasteiger partial charge in [0.15, 0.2) is 0 Å². The molecule has 0 aromatic heterocycles. The first-order valence-electron chi connectivity index (χ1n) is 9.63. The molecular formula is C22H27ClO6. The van der Waals surface area contributed by atoms with Gasteiger partial charge >= 0.3 is 0 Å². The van der Waals surface area contributed by atoms with Crippen LogP contribution in [0.3, 0.4) is 0 Å². The Morgan fingerprint density at radius 2 is 1.79 bits per heavy atom. The van der Waals surface area contributed by atoms with Gasteiger partial charge < -0.3 is 29.5 Å². The molecule has 2 aromatic rings. The van der Waals surface area contributed by atoms with Gasteiger partial charge in [0.25, 0.3) is 0 Å². The molecule has 3 N–H and O–H groups in total. The van der Waals surface area contributed by atoms with Gasteiger partial charge in [0.1, 0.15) is 36.3 Å². The SMILES string of the molecule is CCOc1ccc(Cc2cc(C3OC(CO)C(OC)C(O)C3O)ccc2Cl)cc1. The van der Waals surface area contributed by atoms with Crippen LogP contribution in [-0.4, -0.2) is 60.1 Å². The van der Waals surface area contributed by atoms with Crippen molar-refractivity contribution in [3.8, 4) is 5.75 Å². The van der Waals surface area contributed by atoms with Crippen LogP contribution in [0.15, 0.2) is 42.5 Å². The van der Waals surface area contributed by atoms with E-state index in [0.29, 0.717) is 23.6 Å². The van der Waals surface area contributed by atoms with Crippen LogP contribution in [0.25, 0.3) is 0 Å². The molecule has 0 aliphatic carbocycles. The minimum atomic E-state index is -1.19. The van der Waals surface area contributed by atoms with E-state index in [1.807, 2.05) is 37.3 Å². The van der Waals surface area contributed by atoms with Crippen LogP contribution in [-0.2, 0) is 15.9 Å². The highest BCUT2D eigenvalue weighted by atomic mass is 35.5. The maximum absolute atomic E-state index is 10.6. The average molecular weight is 423 g/mol. The van der Waals surface area contributed by atoms with Crippen LogP contribution in [0.5, 0.6) is 5.75 Å². The molecule has 0 amide bonds. The van der Waals surface area contributed by atoms with Crippen molar-refractivity contribution in [1.29, 1.82) is 0 Å². The normalized spacial score (nSPS) is 27.0. The number of hydrogen-bond acceptors (Lipinski definition) is 6. The summed E-state index contributed by atoms with van der Waals surface area (Å²) in [6, 6.07) is 13.2. The third-order valence-corrected chi connectivity index (χ3v) is 5.53. The van der Waals surface area contributed by atoms with E-state index in [9.17, 15) is 15.3 Å². The zero-order chi connectivity index (χ0) is 21.0. The average Bonchev–Trinajstić information content (AvgIpc) is 2.73. The number of aliphatic hydroxyl groups is 3. The standard InChI is InChI=1S/C22H27ClO6/c1-3-28-16-7-4-13(5-8-16)10-15-11-14(6-9-17(15)23)21-19(25)20(26)22(27-2)18(12-24)29-21/h4-9,11,18-22,24-26H,3,10,12H2,1-2H3. The zero-order valence-electron chi connectivity index (χ0n) is 16.5. The number of rotatable bonds is 7. The van der Waals surface area contributed by atoms with Crippen molar-refractivity contribution < 1.29 is 29.5 Å². The maximum atomic E-state index is 10.6. The summed E-state index contributed by atoms with van der Waals surface area (Å²) >= 11 is 6.40.